The van der Waals surface area contributed by atoms with E-state index >= 15 is 0 Å². The molecule has 0 radical (unpaired) electrons. The Kier molecular flexibility index (Phi) is 3.71. The fourth-order valence-electron chi connectivity index (χ4n) is 2.98. The lowest BCUT2D eigenvalue weighted by Gasteiger charge is -2.13. The van der Waals surface area contributed by atoms with Crippen LogP contribution in [-0.4, -0.2) is 41.9 Å². The molecular weight excluding hydrogens is 260 g/mol. The van der Waals surface area contributed by atoms with E-state index < -0.39 is 12.1 Å². The highest BCUT2D eigenvalue weighted by Gasteiger charge is 2.65. The van der Waals surface area contributed by atoms with Gasteiger partial charge in [-0.05, 0) is 23.7 Å². The summed E-state index contributed by atoms with van der Waals surface area (Å²) in [5.74, 6) is -0.932. The van der Waals surface area contributed by atoms with Crippen LogP contribution in [-0.2, 0) is 9.53 Å². The second-order valence-corrected chi connectivity index (χ2v) is 6.89. The first-order valence-corrected chi connectivity index (χ1v) is 7.09. The summed E-state index contributed by atoms with van der Waals surface area (Å²) in [5, 5.41) is 14.6. The summed E-state index contributed by atoms with van der Waals surface area (Å²) in [7, 11) is 0. The van der Waals surface area contributed by atoms with Crippen LogP contribution in [0.2, 0.25) is 0 Å². The molecule has 0 spiro atoms. The molecule has 1 aliphatic carbocycles. The number of carboxylic acids is 1. The van der Waals surface area contributed by atoms with Crippen molar-refractivity contribution in [1.29, 1.82) is 0 Å². The van der Waals surface area contributed by atoms with Crippen LogP contribution < -0.4 is 10.6 Å². The zero-order chi connectivity index (χ0) is 15.1. The minimum absolute atomic E-state index is 0.0998. The third kappa shape index (κ3) is 2.61. The van der Waals surface area contributed by atoms with Crippen LogP contribution in [0.4, 0.5) is 4.79 Å². The highest BCUT2D eigenvalue weighted by Crippen LogP contribution is 2.62. The minimum atomic E-state index is -0.932. The Morgan fingerprint density at radius 3 is 2.25 bits per heavy atom. The third-order valence-electron chi connectivity index (χ3n) is 5.17. The molecule has 20 heavy (non-hydrogen) atoms. The summed E-state index contributed by atoms with van der Waals surface area (Å²) in [4.78, 5) is 22.6. The first-order valence-electron chi connectivity index (χ1n) is 7.09. The Balaban J connectivity index is 1.71. The molecule has 0 aromatic rings. The van der Waals surface area contributed by atoms with Gasteiger partial charge in [0.15, 0.2) is 6.10 Å². The molecule has 1 saturated carbocycles. The van der Waals surface area contributed by atoms with Crippen LogP contribution in [0, 0.1) is 10.8 Å². The van der Waals surface area contributed by atoms with Gasteiger partial charge in [-0.25, -0.2) is 9.59 Å². The van der Waals surface area contributed by atoms with Crippen LogP contribution in [0.1, 0.15) is 40.5 Å². The fraction of sp³-hybridized carbons (Fsp3) is 0.857. The van der Waals surface area contributed by atoms with E-state index in [0.29, 0.717) is 19.4 Å². The Morgan fingerprint density at radius 1 is 1.20 bits per heavy atom. The minimum Gasteiger partial charge on any atom is -0.479 e. The Labute approximate surface area is 119 Å². The van der Waals surface area contributed by atoms with Gasteiger partial charge in [0.2, 0.25) is 0 Å². The van der Waals surface area contributed by atoms with E-state index in [2.05, 4.69) is 38.3 Å². The molecule has 3 N–H and O–H groups in total. The predicted molar refractivity (Wildman–Crippen MR) is 73.4 cm³/mol. The second-order valence-electron chi connectivity index (χ2n) is 6.89. The fourth-order valence-corrected chi connectivity index (χ4v) is 2.98. The van der Waals surface area contributed by atoms with E-state index in [0.717, 1.165) is 0 Å². The number of nitrogens with one attached hydrogen (secondary N) is 2. The molecule has 1 heterocycles. The molecule has 1 saturated heterocycles. The number of carbonyl (C=O) groups is 2. The molecule has 2 rings (SSSR count). The van der Waals surface area contributed by atoms with Crippen molar-refractivity contribution in [3.8, 4) is 0 Å². The maximum Gasteiger partial charge on any atom is 0.332 e. The van der Waals surface area contributed by atoms with E-state index in [-0.39, 0.29) is 29.0 Å². The molecule has 6 nitrogen and oxygen atoms in total. The number of hydrogen-bond acceptors (Lipinski definition) is 3. The van der Waals surface area contributed by atoms with Crippen LogP contribution in [0.3, 0.4) is 0 Å². The molecule has 0 aromatic carbocycles. The monoisotopic (exact) mass is 284 g/mol. The van der Waals surface area contributed by atoms with Crippen molar-refractivity contribution in [2.75, 3.05) is 6.54 Å². The molecule has 2 aliphatic rings. The summed E-state index contributed by atoms with van der Waals surface area (Å²) >= 11 is 0. The molecule has 114 valence electrons. The Hall–Kier alpha value is -1.30. The molecule has 0 bridgehead atoms. The van der Waals surface area contributed by atoms with Crippen molar-refractivity contribution in [3.05, 3.63) is 0 Å². The number of hydrogen-bond donors (Lipinski definition) is 3. The maximum absolute atomic E-state index is 11.8. The third-order valence-corrected chi connectivity index (χ3v) is 5.17. The van der Waals surface area contributed by atoms with Crippen LogP contribution in [0.25, 0.3) is 0 Å². The van der Waals surface area contributed by atoms with Crippen LogP contribution in [0.5, 0.6) is 0 Å². The van der Waals surface area contributed by atoms with E-state index in [1.807, 2.05) is 0 Å². The summed E-state index contributed by atoms with van der Waals surface area (Å²) in [5.41, 5.74) is 0.200. The van der Waals surface area contributed by atoms with Crippen molar-refractivity contribution in [3.63, 3.8) is 0 Å². The Morgan fingerprint density at radius 2 is 1.80 bits per heavy atom. The van der Waals surface area contributed by atoms with Gasteiger partial charge in [-0.2, -0.15) is 0 Å². The van der Waals surface area contributed by atoms with Gasteiger partial charge in [-0.3, -0.25) is 0 Å². The van der Waals surface area contributed by atoms with Gasteiger partial charge in [0.1, 0.15) is 0 Å². The number of carbonyl (C=O) groups excluding carboxylic acids is 1. The molecule has 2 atom stereocenters. The lowest BCUT2D eigenvalue weighted by atomic mass is 10.0. The summed E-state index contributed by atoms with van der Waals surface area (Å²) in [6, 6.07) is -0.0534. The quantitative estimate of drug-likeness (QED) is 0.727. The molecule has 1 aliphatic heterocycles. The highest BCUT2D eigenvalue weighted by molar-refractivity contribution is 5.75. The standard InChI is InChI=1S/C14H24N2O4/c1-13(2)11(14(13,3)4)16-12(19)15-7-8-5-6-9(20-8)10(17)18/h8-9,11H,5-7H2,1-4H3,(H,17,18)(H2,15,16,19). The lowest BCUT2D eigenvalue weighted by Crippen LogP contribution is -2.42. The maximum atomic E-state index is 11.8. The van der Waals surface area contributed by atoms with E-state index in [9.17, 15) is 9.59 Å². The van der Waals surface area contributed by atoms with E-state index in [1.54, 1.807) is 0 Å². The normalized spacial score (nSPS) is 30.8. The molecule has 6 heteroatoms. The SMILES string of the molecule is CC1(C)C(NC(=O)NCC2CCC(C(=O)O)O2)C1(C)C. The number of carboxylic acid groups (broad SMARTS) is 1. The summed E-state index contributed by atoms with van der Waals surface area (Å²) in [6.45, 7) is 8.89. The number of rotatable bonds is 4. The molecule has 0 aromatic heterocycles. The van der Waals surface area contributed by atoms with Gasteiger partial charge in [-0.1, -0.05) is 27.7 Å². The van der Waals surface area contributed by atoms with Gasteiger partial charge >= 0.3 is 12.0 Å². The van der Waals surface area contributed by atoms with Crippen molar-refractivity contribution >= 4 is 12.0 Å². The smallest absolute Gasteiger partial charge is 0.332 e. The first kappa shape index (κ1) is 15.1. The summed E-state index contributed by atoms with van der Waals surface area (Å²) < 4.78 is 5.33. The lowest BCUT2D eigenvalue weighted by molar-refractivity contribution is -0.149. The molecular formula is C14H24N2O4. The molecule has 2 fully saturated rings. The zero-order valence-electron chi connectivity index (χ0n) is 12.5. The van der Waals surface area contributed by atoms with Crippen LogP contribution >= 0.6 is 0 Å². The number of aliphatic carboxylic acids is 1. The van der Waals surface area contributed by atoms with Crippen molar-refractivity contribution in [1.82, 2.24) is 10.6 Å². The number of urea groups is 1. The molecule has 2 amide bonds. The van der Waals surface area contributed by atoms with Gasteiger partial charge in [-0.15, -0.1) is 0 Å². The highest BCUT2D eigenvalue weighted by atomic mass is 16.5. The predicted octanol–water partition coefficient (Wildman–Crippen LogP) is 1.35. The Bertz CT molecular complexity index is 405. The number of ether oxygens (including phenoxy) is 1. The van der Waals surface area contributed by atoms with Crippen molar-refractivity contribution in [2.24, 2.45) is 10.8 Å². The average Bonchev–Trinajstić information content (AvgIpc) is 2.76. The van der Waals surface area contributed by atoms with Crippen LogP contribution in [0.15, 0.2) is 0 Å². The van der Waals surface area contributed by atoms with Gasteiger partial charge in [0.05, 0.1) is 6.10 Å². The number of amides is 2. The van der Waals surface area contributed by atoms with Crippen molar-refractivity contribution < 1.29 is 19.4 Å². The van der Waals surface area contributed by atoms with Gasteiger partial charge in [0, 0.05) is 12.6 Å². The summed E-state index contributed by atoms with van der Waals surface area (Å²) in [6.07, 6.45) is 0.233. The van der Waals surface area contributed by atoms with Gasteiger partial charge < -0.3 is 20.5 Å². The largest absolute Gasteiger partial charge is 0.479 e. The molecule has 2 unspecified atom stereocenters. The van der Waals surface area contributed by atoms with Crippen molar-refractivity contribution in [2.45, 2.75) is 58.8 Å². The van der Waals surface area contributed by atoms with Gasteiger partial charge in [0.25, 0.3) is 0 Å². The average molecular weight is 284 g/mol. The van der Waals surface area contributed by atoms with E-state index in [1.165, 1.54) is 0 Å². The first-order chi connectivity index (χ1) is 9.16. The van der Waals surface area contributed by atoms with E-state index in [4.69, 9.17) is 9.84 Å². The zero-order valence-corrected chi connectivity index (χ0v) is 12.5. The topological polar surface area (TPSA) is 87.7 Å². The second kappa shape index (κ2) is 4.91.